The average molecular weight is 460 g/mol. The van der Waals surface area contributed by atoms with Gasteiger partial charge in [0.15, 0.2) is 0 Å². The molecule has 7 nitrogen and oxygen atoms in total. The van der Waals surface area contributed by atoms with Crippen molar-refractivity contribution >= 4 is 23.6 Å². The van der Waals surface area contributed by atoms with Crippen molar-refractivity contribution in [1.29, 1.82) is 5.26 Å². The van der Waals surface area contributed by atoms with E-state index in [2.05, 4.69) is 10.1 Å². The predicted molar refractivity (Wildman–Crippen MR) is 124 cm³/mol. The number of methoxy groups -OCH3 is 2. The highest BCUT2D eigenvalue weighted by molar-refractivity contribution is 6.10. The van der Waals surface area contributed by atoms with E-state index >= 15 is 0 Å². The van der Waals surface area contributed by atoms with Crippen LogP contribution in [0, 0.1) is 17.1 Å². The van der Waals surface area contributed by atoms with Crippen LogP contribution in [0.5, 0.6) is 11.5 Å². The number of rotatable bonds is 8. The van der Waals surface area contributed by atoms with Gasteiger partial charge in [-0.2, -0.15) is 5.26 Å². The summed E-state index contributed by atoms with van der Waals surface area (Å²) in [6.45, 7) is -0.0543. The molecule has 0 heterocycles. The molecule has 0 fully saturated rings. The second-order valence-corrected chi connectivity index (χ2v) is 6.98. The fraction of sp³-hybridized carbons (Fsp3) is 0.115. The van der Waals surface area contributed by atoms with Crippen LogP contribution in [0.1, 0.15) is 21.5 Å². The van der Waals surface area contributed by atoms with E-state index in [4.69, 9.17) is 9.47 Å². The predicted octanol–water partition coefficient (Wildman–Crippen LogP) is 4.75. The summed E-state index contributed by atoms with van der Waals surface area (Å²) < 4.78 is 29.6. The van der Waals surface area contributed by atoms with Crippen LogP contribution in [0.3, 0.4) is 0 Å². The van der Waals surface area contributed by atoms with E-state index in [1.165, 1.54) is 50.6 Å². The third kappa shape index (κ3) is 5.99. The lowest BCUT2D eigenvalue weighted by Gasteiger charge is -2.12. The van der Waals surface area contributed by atoms with Gasteiger partial charge in [-0.15, -0.1) is 0 Å². The van der Waals surface area contributed by atoms with E-state index < -0.39 is 17.7 Å². The first kappa shape index (κ1) is 24.0. The maximum absolute atomic E-state index is 14.0. The largest absolute Gasteiger partial charge is 0.497 e. The average Bonchev–Trinajstić information content (AvgIpc) is 2.87. The molecule has 0 aliphatic carbocycles. The van der Waals surface area contributed by atoms with Gasteiger partial charge in [0, 0.05) is 22.9 Å². The zero-order valence-corrected chi connectivity index (χ0v) is 18.5. The Bertz CT molecular complexity index is 1260. The number of carbonyl (C=O) groups excluding carboxylic acids is 2. The van der Waals surface area contributed by atoms with E-state index in [1.54, 1.807) is 36.4 Å². The molecular formula is C26H21FN2O5. The summed E-state index contributed by atoms with van der Waals surface area (Å²) in [7, 11) is 2.76. The number of hydrogen-bond acceptors (Lipinski definition) is 6. The fourth-order valence-electron chi connectivity index (χ4n) is 2.97. The van der Waals surface area contributed by atoms with Crippen molar-refractivity contribution in [3.8, 4) is 17.6 Å². The summed E-state index contributed by atoms with van der Waals surface area (Å²) >= 11 is 0. The molecule has 3 aromatic carbocycles. The lowest BCUT2D eigenvalue weighted by atomic mass is 10.1. The van der Waals surface area contributed by atoms with Gasteiger partial charge in [0.1, 0.15) is 35.6 Å². The molecule has 34 heavy (non-hydrogen) atoms. The lowest BCUT2D eigenvalue weighted by Crippen LogP contribution is -2.13. The van der Waals surface area contributed by atoms with Crippen molar-refractivity contribution in [3.63, 3.8) is 0 Å². The Labute approximate surface area is 196 Å². The van der Waals surface area contributed by atoms with Crippen LogP contribution in [-0.4, -0.2) is 26.1 Å². The van der Waals surface area contributed by atoms with Gasteiger partial charge in [-0.05, 0) is 48.5 Å². The van der Waals surface area contributed by atoms with Crippen LogP contribution >= 0.6 is 0 Å². The Hall–Kier alpha value is -4.64. The van der Waals surface area contributed by atoms with Crippen LogP contribution in [0.4, 0.5) is 10.1 Å². The molecule has 172 valence electrons. The number of halogens is 1. The van der Waals surface area contributed by atoms with Gasteiger partial charge in [-0.3, -0.25) is 4.79 Å². The van der Waals surface area contributed by atoms with Gasteiger partial charge in [-0.25, -0.2) is 9.18 Å². The number of amides is 1. The minimum Gasteiger partial charge on any atom is -0.497 e. The monoisotopic (exact) mass is 460 g/mol. The molecule has 0 spiro atoms. The van der Waals surface area contributed by atoms with Gasteiger partial charge in [0.2, 0.25) is 0 Å². The number of nitriles is 1. The molecule has 1 N–H and O–H groups in total. The summed E-state index contributed by atoms with van der Waals surface area (Å²) in [6.07, 6.45) is 1.37. The Morgan fingerprint density at radius 2 is 1.79 bits per heavy atom. The van der Waals surface area contributed by atoms with Gasteiger partial charge >= 0.3 is 5.97 Å². The summed E-state index contributed by atoms with van der Waals surface area (Å²) in [6, 6.07) is 19.0. The Balaban J connectivity index is 1.82. The molecule has 0 unspecified atom stereocenters. The third-order valence-corrected chi connectivity index (χ3v) is 4.79. The summed E-state index contributed by atoms with van der Waals surface area (Å²) in [5, 5.41) is 12.2. The zero-order valence-electron chi connectivity index (χ0n) is 18.5. The van der Waals surface area contributed by atoms with E-state index in [0.717, 1.165) is 0 Å². The molecule has 0 aromatic heterocycles. The Kier molecular flexibility index (Phi) is 7.97. The van der Waals surface area contributed by atoms with Crippen molar-refractivity contribution in [3.05, 3.63) is 94.8 Å². The van der Waals surface area contributed by atoms with Gasteiger partial charge in [0.25, 0.3) is 5.91 Å². The molecule has 0 saturated heterocycles. The number of benzene rings is 3. The maximum Gasteiger partial charge on any atom is 0.337 e. The van der Waals surface area contributed by atoms with Crippen LogP contribution < -0.4 is 14.8 Å². The Morgan fingerprint density at radius 1 is 1.06 bits per heavy atom. The summed E-state index contributed by atoms with van der Waals surface area (Å²) in [5.41, 5.74) is 1.33. The molecule has 3 aromatic rings. The van der Waals surface area contributed by atoms with Crippen molar-refractivity contribution in [2.24, 2.45) is 0 Å². The number of anilines is 1. The minimum atomic E-state index is -0.649. The number of ether oxygens (including phenoxy) is 3. The van der Waals surface area contributed by atoms with Crippen molar-refractivity contribution < 1.29 is 28.2 Å². The molecule has 0 aliphatic heterocycles. The zero-order chi connectivity index (χ0) is 24.5. The fourth-order valence-corrected chi connectivity index (χ4v) is 2.97. The topological polar surface area (TPSA) is 97.7 Å². The van der Waals surface area contributed by atoms with Crippen molar-refractivity contribution in [1.82, 2.24) is 0 Å². The maximum atomic E-state index is 14.0. The molecule has 1 amide bonds. The lowest BCUT2D eigenvalue weighted by molar-refractivity contribution is -0.112. The van der Waals surface area contributed by atoms with E-state index in [0.29, 0.717) is 33.9 Å². The second kappa shape index (κ2) is 11.3. The summed E-state index contributed by atoms with van der Waals surface area (Å²) in [5.74, 6) is -0.750. The minimum absolute atomic E-state index is 0.0543. The van der Waals surface area contributed by atoms with E-state index in [9.17, 15) is 19.2 Å². The first-order valence-electron chi connectivity index (χ1n) is 10.1. The van der Waals surface area contributed by atoms with Gasteiger partial charge < -0.3 is 19.5 Å². The smallest absolute Gasteiger partial charge is 0.337 e. The van der Waals surface area contributed by atoms with Crippen LogP contribution in [0.15, 0.2) is 72.3 Å². The van der Waals surface area contributed by atoms with Crippen molar-refractivity contribution in [2.75, 3.05) is 19.5 Å². The quantitative estimate of drug-likeness (QED) is 0.296. The van der Waals surface area contributed by atoms with Crippen LogP contribution in [0.25, 0.3) is 6.08 Å². The highest BCUT2D eigenvalue weighted by Gasteiger charge is 2.14. The Morgan fingerprint density at radius 3 is 2.44 bits per heavy atom. The first-order chi connectivity index (χ1) is 16.4. The van der Waals surface area contributed by atoms with Crippen LogP contribution in [0.2, 0.25) is 0 Å². The number of esters is 1. The second-order valence-electron chi connectivity index (χ2n) is 6.98. The number of carbonyl (C=O) groups is 2. The van der Waals surface area contributed by atoms with Gasteiger partial charge in [-0.1, -0.05) is 18.2 Å². The van der Waals surface area contributed by atoms with Crippen LogP contribution in [-0.2, 0) is 16.1 Å². The highest BCUT2D eigenvalue weighted by atomic mass is 19.1. The molecule has 0 radical (unpaired) electrons. The number of nitrogens with zero attached hydrogens (tertiary/aromatic N) is 1. The van der Waals surface area contributed by atoms with E-state index in [-0.39, 0.29) is 12.2 Å². The molecule has 3 rings (SSSR count). The number of hydrogen-bond donors (Lipinski definition) is 1. The molecule has 0 atom stereocenters. The van der Waals surface area contributed by atoms with E-state index in [1.807, 2.05) is 6.07 Å². The highest BCUT2D eigenvalue weighted by Crippen LogP contribution is 2.28. The van der Waals surface area contributed by atoms with Gasteiger partial charge in [0.05, 0.1) is 19.8 Å². The van der Waals surface area contributed by atoms with Crippen molar-refractivity contribution in [2.45, 2.75) is 6.61 Å². The molecule has 0 aliphatic rings. The molecule has 0 saturated carbocycles. The normalized spacial score (nSPS) is 10.7. The SMILES string of the molecule is COC(=O)c1ccc(NC(=O)/C(C#N)=C/c2ccc(OC)cc2OCc2ccccc2F)cc1. The molecule has 0 bridgehead atoms. The summed E-state index contributed by atoms with van der Waals surface area (Å²) in [4.78, 5) is 24.2. The number of nitrogens with one attached hydrogen (secondary N) is 1. The first-order valence-corrected chi connectivity index (χ1v) is 10.1. The molecule has 8 heteroatoms. The standard InChI is InChI=1S/C26H21FN2O5/c1-32-22-12-9-18(24(14-22)34-16-19-5-3-4-6-23(19)27)13-20(15-28)25(30)29-21-10-7-17(8-11-21)26(31)33-2/h3-14H,16H2,1-2H3,(H,29,30)/b20-13+. The third-order valence-electron chi connectivity index (χ3n) is 4.79. The molecular weight excluding hydrogens is 439 g/mol.